The largest absolute Gasteiger partial charge is 0.494 e. The molecule has 5 nitrogen and oxygen atoms in total. The molecule has 1 fully saturated rings. The average Bonchev–Trinajstić information content (AvgIpc) is 3.01. The minimum atomic E-state index is -0.344. The van der Waals surface area contributed by atoms with Gasteiger partial charge in [-0.3, -0.25) is 9.89 Å². The number of halogens is 1. The lowest BCUT2D eigenvalue weighted by atomic mass is 10.2. The predicted octanol–water partition coefficient (Wildman–Crippen LogP) is 4.29. The number of benzene rings is 2. The summed E-state index contributed by atoms with van der Waals surface area (Å²) in [7, 11) is 0. The number of aromatic hydroxyl groups is 1. The predicted molar refractivity (Wildman–Crippen MR) is 113 cm³/mol. The van der Waals surface area contributed by atoms with Crippen LogP contribution in [0.25, 0.3) is 10.9 Å². The van der Waals surface area contributed by atoms with Crippen molar-refractivity contribution in [3.05, 3.63) is 53.8 Å². The molecule has 2 heterocycles. The zero-order valence-corrected chi connectivity index (χ0v) is 16.2. The third kappa shape index (κ3) is 3.73. The Morgan fingerprint density at radius 1 is 1.07 bits per heavy atom. The molecule has 4 rings (SSSR count). The Morgan fingerprint density at radius 3 is 2.46 bits per heavy atom. The van der Waals surface area contributed by atoms with E-state index in [0.29, 0.717) is 22.5 Å². The van der Waals surface area contributed by atoms with Crippen molar-refractivity contribution in [3.8, 4) is 5.88 Å². The molecule has 0 amide bonds. The van der Waals surface area contributed by atoms with Gasteiger partial charge in [-0.1, -0.05) is 0 Å². The summed E-state index contributed by atoms with van der Waals surface area (Å²) in [6.07, 6.45) is 1.57. The molecule has 1 aromatic heterocycles. The van der Waals surface area contributed by atoms with Crippen LogP contribution >= 0.6 is 0 Å². The minimum absolute atomic E-state index is 0.0102. The van der Waals surface area contributed by atoms with Crippen molar-refractivity contribution in [2.75, 3.05) is 31.1 Å². The number of nitrogens with one attached hydrogen (secondary N) is 1. The average molecular weight is 380 g/mol. The number of fused-ring (bicyclic) bond motifs is 1. The van der Waals surface area contributed by atoms with Crippen molar-refractivity contribution in [1.82, 2.24) is 9.88 Å². The molecule has 0 radical (unpaired) electrons. The summed E-state index contributed by atoms with van der Waals surface area (Å²) in [5.74, 6) is -0.355. The van der Waals surface area contributed by atoms with E-state index in [2.05, 4.69) is 45.8 Å². The Kier molecular flexibility index (Phi) is 5.05. The van der Waals surface area contributed by atoms with E-state index in [1.165, 1.54) is 17.8 Å². The maximum atomic E-state index is 13.5. The second-order valence-corrected chi connectivity index (χ2v) is 7.47. The van der Waals surface area contributed by atoms with Gasteiger partial charge in [0.25, 0.3) is 0 Å². The summed E-state index contributed by atoms with van der Waals surface area (Å²) in [6, 6.07) is 13.0. The van der Waals surface area contributed by atoms with E-state index in [1.807, 2.05) is 12.1 Å². The van der Waals surface area contributed by atoms with Crippen molar-refractivity contribution in [3.63, 3.8) is 0 Å². The van der Waals surface area contributed by atoms with Crippen molar-refractivity contribution < 1.29 is 9.50 Å². The standard InChI is InChI=1S/C22H25FN4O/c1-15(2)26-9-11-27(12-10-26)18-6-4-17(5-7-18)24-14-20-19-13-16(23)3-8-21(19)25-22(20)28/h3-8,13-15,25,28H,9-12H2,1-2H3. The lowest BCUT2D eigenvalue weighted by Crippen LogP contribution is -2.48. The molecule has 3 aromatic rings. The molecule has 2 N–H and O–H groups in total. The van der Waals surface area contributed by atoms with Gasteiger partial charge in [0.1, 0.15) is 5.82 Å². The Balaban J connectivity index is 1.48. The molecule has 0 bridgehead atoms. The van der Waals surface area contributed by atoms with E-state index < -0.39 is 0 Å². The lowest BCUT2D eigenvalue weighted by molar-refractivity contribution is 0.209. The van der Waals surface area contributed by atoms with Crippen molar-refractivity contribution in [2.24, 2.45) is 4.99 Å². The van der Waals surface area contributed by atoms with Gasteiger partial charge in [-0.05, 0) is 56.3 Å². The van der Waals surface area contributed by atoms with Crippen LogP contribution in [0.1, 0.15) is 19.4 Å². The second-order valence-electron chi connectivity index (χ2n) is 7.47. The zero-order chi connectivity index (χ0) is 19.7. The van der Waals surface area contributed by atoms with Crippen LogP contribution in [0.4, 0.5) is 15.8 Å². The van der Waals surface area contributed by atoms with Gasteiger partial charge in [0.05, 0.1) is 11.3 Å². The number of rotatable bonds is 4. The van der Waals surface area contributed by atoms with Crippen LogP contribution in [0.3, 0.4) is 0 Å². The van der Waals surface area contributed by atoms with Gasteiger partial charge in [-0.25, -0.2) is 4.39 Å². The van der Waals surface area contributed by atoms with Crippen molar-refractivity contribution in [2.45, 2.75) is 19.9 Å². The molecule has 146 valence electrons. The van der Waals surface area contributed by atoms with Gasteiger partial charge >= 0.3 is 0 Å². The van der Waals surface area contributed by atoms with Gasteiger partial charge in [0, 0.05) is 55.0 Å². The first-order chi connectivity index (χ1) is 13.5. The highest BCUT2D eigenvalue weighted by Crippen LogP contribution is 2.27. The SMILES string of the molecule is CC(C)N1CCN(c2ccc(N=Cc3c(O)[nH]c4ccc(F)cc34)cc2)CC1. The van der Waals surface area contributed by atoms with Crippen LogP contribution < -0.4 is 4.90 Å². The molecule has 0 spiro atoms. The Hall–Kier alpha value is -2.86. The third-order valence-corrected chi connectivity index (χ3v) is 5.38. The Bertz CT molecular complexity index is 986. The summed E-state index contributed by atoms with van der Waals surface area (Å²) < 4.78 is 13.5. The minimum Gasteiger partial charge on any atom is -0.494 e. The molecule has 0 unspecified atom stereocenters. The molecule has 1 saturated heterocycles. The number of aromatic amines is 1. The van der Waals surface area contributed by atoms with E-state index in [4.69, 9.17) is 0 Å². The van der Waals surface area contributed by atoms with Crippen LogP contribution in [0.2, 0.25) is 0 Å². The monoisotopic (exact) mass is 380 g/mol. The molecule has 0 saturated carbocycles. The van der Waals surface area contributed by atoms with Gasteiger partial charge in [0.2, 0.25) is 0 Å². The van der Waals surface area contributed by atoms with Crippen LogP contribution in [0.5, 0.6) is 5.88 Å². The number of aromatic nitrogens is 1. The maximum Gasteiger partial charge on any atom is 0.198 e. The smallest absolute Gasteiger partial charge is 0.198 e. The first-order valence-corrected chi connectivity index (χ1v) is 9.64. The number of hydrogen-bond acceptors (Lipinski definition) is 4. The highest BCUT2D eigenvalue weighted by atomic mass is 19.1. The fourth-order valence-corrected chi connectivity index (χ4v) is 3.69. The van der Waals surface area contributed by atoms with Crippen LogP contribution in [-0.4, -0.2) is 53.4 Å². The zero-order valence-electron chi connectivity index (χ0n) is 16.2. The fourth-order valence-electron chi connectivity index (χ4n) is 3.69. The van der Waals surface area contributed by atoms with Crippen LogP contribution in [-0.2, 0) is 0 Å². The molecule has 0 atom stereocenters. The quantitative estimate of drug-likeness (QED) is 0.664. The van der Waals surface area contributed by atoms with Gasteiger partial charge in [0.15, 0.2) is 5.88 Å². The van der Waals surface area contributed by atoms with Gasteiger partial charge in [-0.15, -0.1) is 0 Å². The summed E-state index contributed by atoms with van der Waals surface area (Å²) in [5.41, 5.74) is 3.15. The van der Waals surface area contributed by atoms with Crippen LogP contribution in [0.15, 0.2) is 47.5 Å². The summed E-state index contributed by atoms with van der Waals surface area (Å²) in [6.45, 7) is 8.68. The van der Waals surface area contributed by atoms with E-state index in [-0.39, 0.29) is 11.7 Å². The molecule has 0 aliphatic carbocycles. The summed E-state index contributed by atoms with van der Waals surface area (Å²) in [5, 5.41) is 10.7. The topological polar surface area (TPSA) is 54.9 Å². The number of anilines is 1. The maximum absolute atomic E-state index is 13.5. The third-order valence-electron chi connectivity index (χ3n) is 5.38. The highest BCUT2D eigenvalue weighted by Gasteiger charge is 2.18. The molecular weight excluding hydrogens is 355 g/mol. The Labute approximate surface area is 164 Å². The summed E-state index contributed by atoms with van der Waals surface area (Å²) >= 11 is 0. The molecule has 6 heteroatoms. The van der Waals surface area contributed by atoms with Crippen molar-refractivity contribution in [1.29, 1.82) is 0 Å². The van der Waals surface area contributed by atoms with Gasteiger partial charge in [-0.2, -0.15) is 0 Å². The fraction of sp³-hybridized carbons (Fsp3) is 0.318. The lowest BCUT2D eigenvalue weighted by Gasteiger charge is -2.38. The van der Waals surface area contributed by atoms with E-state index in [0.717, 1.165) is 31.9 Å². The highest BCUT2D eigenvalue weighted by molar-refractivity contribution is 6.02. The van der Waals surface area contributed by atoms with Gasteiger partial charge < -0.3 is 15.0 Å². The molecular formula is C22H25FN4O. The first-order valence-electron chi connectivity index (χ1n) is 9.64. The molecule has 2 aromatic carbocycles. The summed E-state index contributed by atoms with van der Waals surface area (Å²) in [4.78, 5) is 12.2. The van der Waals surface area contributed by atoms with Crippen molar-refractivity contribution >= 4 is 28.5 Å². The molecule has 1 aliphatic heterocycles. The van der Waals surface area contributed by atoms with E-state index >= 15 is 0 Å². The first kappa shape index (κ1) is 18.5. The number of piperazine rings is 1. The number of aliphatic imine (C=N–C) groups is 1. The normalized spacial score (nSPS) is 15.9. The molecule has 1 aliphatic rings. The number of nitrogens with zero attached hydrogens (tertiary/aromatic N) is 3. The second kappa shape index (κ2) is 7.64. The van der Waals surface area contributed by atoms with E-state index in [9.17, 15) is 9.50 Å². The van der Waals surface area contributed by atoms with Crippen LogP contribution in [0, 0.1) is 5.82 Å². The molecule has 28 heavy (non-hydrogen) atoms. The Morgan fingerprint density at radius 2 is 1.79 bits per heavy atom. The number of hydrogen-bond donors (Lipinski definition) is 2. The van der Waals surface area contributed by atoms with E-state index in [1.54, 1.807) is 12.3 Å². The number of H-pyrrole nitrogens is 1.